The summed E-state index contributed by atoms with van der Waals surface area (Å²) in [6.07, 6.45) is 0. The third-order valence-electron chi connectivity index (χ3n) is 2.86. The maximum Gasteiger partial charge on any atom is 0.284 e. The number of benzene rings is 1. The van der Waals surface area contributed by atoms with Gasteiger partial charge in [0.05, 0.1) is 6.54 Å². The number of hydrogen-bond donors (Lipinski definition) is 3. The van der Waals surface area contributed by atoms with Crippen molar-refractivity contribution in [2.45, 2.75) is 23.8 Å². The fourth-order valence-electron chi connectivity index (χ4n) is 1.79. The lowest BCUT2D eigenvalue weighted by atomic mass is 10.2. The molecule has 3 N–H and O–H groups in total. The van der Waals surface area contributed by atoms with Gasteiger partial charge in [-0.2, -0.15) is 0 Å². The summed E-state index contributed by atoms with van der Waals surface area (Å²) in [7, 11) is 0. The van der Waals surface area contributed by atoms with E-state index in [1.807, 2.05) is 0 Å². The lowest BCUT2D eigenvalue weighted by Gasteiger charge is -2.11. The molecular weight excluding hydrogens is 343 g/mol. The van der Waals surface area contributed by atoms with Gasteiger partial charge in [-0.1, -0.05) is 0 Å². The van der Waals surface area contributed by atoms with Crippen LogP contribution in [0.1, 0.15) is 11.4 Å². The van der Waals surface area contributed by atoms with Crippen molar-refractivity contribution >= 4 is 24.0 Å². The number of aromatic amines is 1. The van der Waals surface area contributed by atoms with Crippen molar-refractivity contribution in [3.8, 4) is 5.75 Å². The van der Waals surface area contributed by atoms with Gasteiger partial charge in [0.1, 0.15) is 17.4 Å². The first-order valence-electron chi connectivity index (χ1n) is 6.39. The Kier molecular flexibility index (Phi) is 4.30. The molecule has 0 aliphatic rings. The Morgan fingerprint density at radius 1 is 1.48 bits per heavy atom. The summed E-state index contributed by atoms with van der Waals surface area (Å²) < 4.78 is 20.0. The summed E-state index contributed by atoms with van der Waals surface area (Å²) >= 11 is 5.92. The maximum absolute atomic E-state index is 13.3. The van der Waals surface area contributed by atoms with Gasteiger partial charge in [-0.25, -0.2) is 14.2 Å². The lowest BCUT2D eigenvalue weighted by molar-refractivity contribution is 0.440. The summed E-state index contributed by atoms with van der Waals surface area (Å²) in [5, 5.41) is 24.8. The highest BCUT2D eigenvalue weighted by Crippen LogP contribution is 2.24. The van der Waals surface area contributed by atoms with E-state index in [0.29, 0.717) is 21.8 Å². The van der Waals surface area contributed by atoms with Gasteiger partial charge >= 0.3 is 0 Å². The monoisotopic (exact) mass is 354 g/mol. The van der Waals surface area contributed by atoms with Gasteiger partial charge < -0.3 is 14.9 Å². The quantitative estimate of drug-likeness (QED) is 0.600. The molecule has 23 heavy (non-hydrogen) atoms. The standard InChI is InChI=1S/C12H11FN6O2S2/c1-6-15-16-10(23-12-18-17-11(22)21-12)19(6)14-5-7-4-8(13)2-3-9(7)20/h2-4,14,20H,5H2,1H3,(H,17,22). The molecular formula is C12H11FN6O2S2. The van der Waals surface area contributed by atoms with Crippen LogP contribution < -0.4 is 5.43 Å². The van der Waals surface area contributed by atoms with E-state index in [1.165, 1.54) is 18.2 Å². The first-order chi connectivity index (χ1) is 11.0. The molecule has 120 valence electrons. The van der Waals surface area contributed by atoms with E-state index in [2.05, 4.69) is 25.8 Å². The Balaban J connectivity index is 1.78. The second-order valence-electron chi connectivity index (χ2n) is 4.45. The lowest BCUT2D eigenvalue weighted by Crippen LogP contribution is -2.17. The van der Waals surface area contributed by atoms with E-state index >= 15 is 0 Å². The fraction of sp³-hybridized carbons (Fsp3) is 0.167. The van der Waals surface area contributed by atoms with Crippen LogP contribution in [0.4, 0.5) is 4.39 Å². The predicted molar refractivity (Wildman–Crippen MR) is 81.7 cm³/mol. The summed E-state index contributed by atoms with van der Waals surface area (Å²) in [6, 6.07) is 3.74. The van der Waals surface area contributed by atoms with Crippen LogP contribution in [0, 0.1) is 17.6 Å². The maximum atomic E-state index is 13.3. The Labute approximate surface area is 138 Å². The molecule has 0 amide bonds. The molecule has 0 saturated carbocycles. The Bertz CT molecular complexity index is 890. The van der Waals surface area contributed by atoms with E-state index in [0.717, 1.165) is 11.8 Å². The van der Waals surface area contributed by atoms with Crippen molar-refractivity contribution in [3.63, 3.8) is 0 Å². The second-order valence-corrected chi connectivity index (χ2v) is 5.74. The molecule has 3 rings (SSSR count). The van der Waals surface area contributed by atoms with Crippen molar-refractivity contribution in [2.24, 2.45) is 0 Å². The Morgan fingerprint density at radius 2 is 2.30 bits per heavy atom. The molecule has 0 saturated heterocycles. The average Bonchev–Trinajstić information content (AvgIpc) is 3.07. The molecule has 8 nitrogen and oxygen atoms in total. The number of aryl methyl sites for hydroxylation is 1. The van der Waals surface area contributed by atoms with Gasteiger partial charge in [-0.05, 0) is 37.3 Å². The number of nitrogens with zero attached hydrogens (tertiary/aromatic N) is 4. The number of phenolic OH excluding ortho intramolecular Hbond substituents is 1. The van der Waals surface area contributed by atoms with Crippen molar-refractivity contribution in [3.05, 3.63) is 40.2 Å². The number of hydrogen-bond acceptors (Lipinski definition) is 8. The molecule has 0 aliphatic heterocycles. The van der Waals surface area contributed by atoms with E-state index in [-0.39, 0.29) is 17.1 Å². The molecule has 0 radical (unpaired) electrons. The van der Waals surface area contributed by atoms with Gasteiger partial charge in [0.2, 0.25) is 5.16 Å². The minimum absolute atomic E-state index is 0.00289. The van der Waals surface area contributed by atoms with Crippen LogP contribution in [0.25, 0.3) is 0 Å². The molecule has 0 aliphatic carbocycles. The van der Waals surface area contributed by atoms with Crippen LogP contribution in [-0.4, -0.2) is 30.2 Å². The number of aromatic nitrogens is 5. The Hall–Kier alpha value is -2.40. The topological polar surface area (TPSA) is 105 Å². The zero-order valence-corrected chi connectivity index (χ0v) is 13.4. The number of rotatable bonds is 5. The number of nitrogens with one attached hydrogen (secondary N) is 2. The third kappa shape index (κ3) is 3.51. The van der Waals surface area contributed by atoms with Crippen molar-refractivity contribution in [1.29, 1.82) is 0 Å². The highest BCUT2D eigenvalue weighted by molar-refractivity contribution is 7.99. The molecule has 0 spiro atoms. The Morgan fingerprint density at radius 3 is 3.04 bits per heavy atom. The molecule has 0 atom stereocenters. The molecule has 3 aromatic rings. The summed E-state index contributed by atoms with van der Waals surface area (Å²) in [5.74, 6) is 0.150. The largest absolute Gasteiger partial charge is 0.508 e. The van der Waals surface area contributed by atoms with Crippen LogP contribution in [0.3, 0.4) is 0 Å². The van der Waals surface area contributed by atoms with Crippen LogP contribution in [0.2, 0.25) is 0 Å². The van der Waals surface area contributed by atoms with Gasteiger partial charge in [-0.3, -0.25) is 0 Å². The van der Waals surface area contributed by atoms with Crippen LogP contribution >= 0.6 is 24.0 Å². The molecule has 2 aromatic heterocycles. The molecule has 11 heteroatoms. The fourth-order valence-corrected chi connectivity index (χ4v) is 2.71. The summed E-state index contributed by atoms with van der Waals surface area (Å²) in [6.45, 7) is 1.93. The van der Waals surface area contributed by atoms with Gasteiger partial charge in [0.15, 0.2) is 0 Å². The minimum Gasteiger partial charge on any atom is -0.508 e. The van der Waals surface area contributed by atoms with Gasteiger partial charge in [0, 0.05) is 17.3 Å². The van der Waals surface area contributed by atoms with Crippen LogP contribution in [-0.2, 0) is 6.54 Å². The summed E-state index contributed by atoms with van der Waals surface area (Å²) in [5.41, 5.74) is 3.42. The van der Waals surface area contributed by atoms with Crippen molar-refractivity contribution in [1.82, 2.24) is 25.1 Å². The van der Waals surface area contributed by atoms with E-state index < -0.39 is 5.82 Å². The first-order valence-corrected chi connectivity index (χ1v) is 7.62. The van der Waals surface area contributed by atoms with E-state index in [9.17, 15) is 9.50 Å². The van der Waals surface area contributed by atoms with Crippen LogP contribution in [0.15, 0.2) is 33.0 Å². The SMILES string of the molecule is Cc1nnc(Sc2n[nH]c(=S)o2)n1NCc1cc(F)ccc1O. The zero-order chi connectivity index (χ0) is 16.4. The number of phenols is 1. The number of halogens is 1. The molecule has 0 unspecified atom stereocenters. The average molecular weight is 354 g/mol. The van der Waals surface area contributed by atoms with Gasteiger partial charge in [-0.15, -0.1) is 15.3 Å². The van der Waals surface area contributed by atoms with Gasteiger partial charge in [0.25, 0.3) is 10.1 Å². The first kappa shape index (κ1) is 15.5. The molecule has 2 heterocycles. The van der Waals surface area contributed by atoms with Crippen molar-refractivity contribution < 1.29 is 13.9 Å². The number of H-pyrrole nitrogens is 1. The normalized spacial score (nSPS) is 10.9. The second kappa shape index (κ2) is 6.38. The molecule has 0 bridgehead atoms. The predicted octanol–water partition coefficient (Wildman–Crippen LogP) is 2.37. The summed E-state index contributed by atoms with van der Waals surface area (Å²) in [4.78, 5) is 0.160. The molecule has 0 fully saturated rings. The third-order valence-corrected chi connectivity index (χ3v) is 3.83. The highest BCUT2D eigenvalue weighted by atomic mass is 32.2. The van der Waals surface area contributed by atoms with Crippen molar-refractivity contribution in [2.75, 3.05) is 5.43 Å². The van der Waals surface area contributed by atoms with Crippen LogP contribution in [0.5, 0.6) is 5.75 Å². The minimum atomic E-state index is -0.428. The zero-order valence-electron chi connectivity index (χ0n) is 11.8. The number of aromatic hydroxyl groups is 1. The smallest absolute Gasteiger partial charge is 0.284 e. The molecule has 1 aromatic carbocycles. The van der Waals surface area contributed by atoms with E-state index in [4.69, 9.17) is 16.6 Å². The van der Waals surface area contributed by atoms with E-state index in [1.54, 1.807) is 11.6 Å². The highest BCUT2D eigenvalue weighted by Gasteiger charge is 2.14.